The highest BCUT2D eigenvalue weighted by Gasteiger charge is 2.13. The average Bonchev–Trinajstić information content (AvgIpc) is 2.50. The minimum atomic E-state index is -1.03. The van der Waals surface area contributed by atoms with E-state index in [4.69, 9.17) is 15.7 Å². The summed E-state index contributed by atoms with van der Waals surface area (Å²) in [5.41, 5.74) is 0.767. The molecule has 0 radical (unpaired) electrons. The van der Waals surface area contributed by atoms with Gasteiger partial charge in [-0.1, -0.05) is 13.8 Å². The zero-order valence-electron chi connectivity index (χ0n) is 13.1. The first-order valence-electron chi connectivity index (χ1n) is 7.11. The number of nitrogens with one attached hydrogen (secondary N) is 1. The summed E-state index contributed by atoms with van der Waals surface area (Å²) < 4.78 is 4.98. The fraction of sp³-hybridized carbons (Fsp3) is 0.400. The third kappa shape index (κ3) is 6.79. The zero-order chi connectivity index (χ0) is 17.4. The van der Waals surface area contributed by atoms with E-state index in [-0.39, 0.29) is 18.9 Å². The highest BCUT2D eigenvalue weighted by Crippen LogP contribution is 2.11. The van der Waals surface area contributed by atoms with E-state index in [1.54, 1.807) is 0 Å². The molecule has 1 rings (SSSR count). The number of carboxylic acids is 1. The minimum Gasteiger partial charge on any atom is -0.481 e. The van der Waals surface area contributed by atoms with Crippen LogP contribution in [-0.2, 0) is 9.53 Å². The Morgan fingerprint density at radius 3 is 2.39 bits per heavy atom. The van der Waals surface area contributed by atoms with Gasteiger partial charge in [-0.3, -0.25) is 19.9 Å². The topological polar surface area (TPSA) is 122 Å². The van der Waals surface area contributed by atoms with Gasteiger partial charge in [-0.25, -0.2) is 10.6 Å². The molecule has 0 aliphatic carbocycles. The van der Waals surface area contributed by atoms with Gasteiger partial charge in [0.15, 0.2) is 0 Å². The van der Waals surface area contributed by atoms with Crippen LogP contribution in [0, 0.1) is 5.92 Å². The van der Waals surface area contributed by atoms with Gasteiger partial charge in [-0.05, 0) is 30.2 Å². The van der Waals surface area contributed by atoms with Gasteiger partial charge in [-0.2, -0.15) is 0 Å². The number of amides is 2. The summed E-state index contributed by atoms with van der Waals surface area (Å²) in [5, 5.41) is 11.9. The molecule has 0 aliphatic heterocycles. The van der Waals surface area contributed by atoms with Gasteiger partial charge < -0.3 is 9.84 Å². The Labute approximate surface area is 134 Å². The number of hydrazine groups is 1. The summed E-state index contributed by atoms with van der Waals surface area (Å²) >= 11 is 0. The molecule has 0 atom stereocenters. The van der Waals surface area contributed by atoms with E-state index < -0.39 is 18.0 Å². The number of hydrogen-bond donors (Lipinski definition) is 3. The van der Waals surface area contributed by atoms with E-state index in [0.717, 1.165) is 5.01 Å². The lowest BCUT2D eigenvalue weighted by atomic mass is 10.2. The second kappa shape index (κ2) is 8.74. The van der Waals surface area contributed by atoms with Crippen LogP contribution in [0.4, 0.5) is 10.5 Å². The third-order valence-corrected chi connectivity index (χ3v) is 2.75. The second-order valence-corrected chi connectivity index (χ2v) is 5.34. The number of anilines is 1. The maximum atomic E-state index is 12.0. The SMILES string of the molecule is CC(C)COC(=O)Nc1ccc(C(=O)N(N)CCC(=O)O)cc1. The van der Waals surface area contributed by atoms with Gasteiger partial charge in [0.25, 0.3) is 5.91 Å². The summed E-state index contributed by atoms with van der Waals surface area (Å²) in [6.45, 7) is 4.08. The van der Waals surface area contributed by atoms with Crippen molar-refractivity contribution in [2.75, 3.05) is 18.5 Å². The Bertz CT molecular complexity index is 557. The first kappa shape index (κ1) is 18.4. The molecule has 23 heavy (non-hydrogen) atoms. The standard InChI is InChI=1S/C15H21N3O5/c1-10(2)9-23-15(22)17-12-5-3-11(4-6-12)14(21)18(16)8-7-13(19)20/h3-6,10H,7-9,16H2,1-2H3,(H,17,22)(H,19,20). The molecule has 0 aromatic heterocycles. The van der Waals surface area contributed by atoms with Crippen LogP contribution in [0.15, 0.2) is 24.3 Å². The highest BCUT2D eigenvalue weighted by atomic mass is 16.5. The van der Waals surface area contributed by atoms with Crippen molar-refractivity contribution < 1.29 is 24.2 Å². The van der Waals surface area contributed by atoms with Gasteiger partial charge in [0.2, 0.25) is 0 Å². The number of hydrogen-bond acceptors (Lipinski definition) is 5. The summed E-state index contributed by atoms with van der Waals surface area (Å²) in [5.74, 6) is 4.22. The van der Waals surface area contributed by atoms with E-state index in [2.05, 4.69) is 5.32 Å². The fourth-order valence-corrected chi connectivity index (χ4v) is 1.58. The Balaban J connectivity index is 2.56. The number of benzene rings is 1. The van der Waals surface area contributed by atoms with Gasteiger partial charge >= 0.3 is 12.1 Å². The summed E-state index contributed by atoms with van der Waals surface area (Å²) in [6, 6.07) is 6.05. The van der Waals surface area contributed by atoms with Crippen LogP contribution < -0.4 is 11.2 Å². The first-order valence-corrected chi connectivity index (χ1v) is 7.11. The van der Waals surface area contributed by atoms with E-state index in [0.29, 0.717) is 17.9 Å². The lowest BCUT2D eigenvalue weighted by Crippen LogP contribution is -2.38. The van der Waals surface area contributed by atoms with Gasteiger partial charge in [-0.15, -0.1) is 0 Å². The maximum absolute atomic E-state index is 12.0. The molecule has 8 nitrogen and oxygen atoms in total. The quantitative estimate of drug-likeness (QED) is 0.399. The lowest BCUT2D eigenvalue weighted by molar-refractivity contribution is -0.137. The van der Waals surface area contributed by atoms with Crippen molar-refractivity contribution in [2.45, 2.75) is 20.3 Å². The van der Waals surface area contributed by atoms with Crippen LogP contribution in [0.2, 0.25) is 0 Å². The summed E-state index contributed by atoms with van der Waals surface area (Å²) in [7, 11) is 0. The number of nitrogens with two attached hydrogens (primary N) is 1. The molecule has 0 heterocycles. The molecule has 0 fully saturated rings. The average molecular weight is 323 g/mol. The Morgan fingerprint density at radius 1 is 1.26 bits per heavy atom. The van der Waals surface area contributed by atoms with E-state index in [1.807, 2.05) is 13.8 Å². The minimum absolute atomic E-state index is 0.0876. The smallest absolute Gasteiger partial charge is 0.411 e. The molecule has 0 bridgehead atoms. The molecule has 2 amide bonds. The summed E-state index contributed by atoms with van der Waals surface area (Å²) in [4.78, 5) is 33.9. The van der Waals surface area contributed by atoms with Crippen molar-refractivity contribution in [1.29, 1.82) is 0 Å². The van der Waals surface area contributed by atoms with Gasteiger partial charge in [0, 0.05) is 17.8 Å². The second-order valence-electron chi connectivity index (χ2n) is 5.34. The van der Waals surface area contributed by atoms with Crippen molar-refractivity contribution in [2.24, 2.45) is 11.8 Å². The molecule has 0 saturated heterocycles. The molecular formula is C15H21N3O5. The number of nitrogens with zero attached hydrogens (tertiary/aromatic N) is 1. The Morgan fingerprint density at radius 2 is 1.87 bits per heavy atom. The lowest BCUT2D eigenvalue weighted by Gasteiger charge is -2.15. The maximum Gasteiger partial charge on any atom is 0.411 e. The summed E-state index contributed by atoms with van der Waals surface area (Å²) in [6.07, 6.45) is -0.802. The van der Waals surface area contributed by atoms with Crippen LogP contribution in [0.5, 0.6) is 0 Å². The largest absolute Gasteiger partial charge is 0.481 e. The molecular weight excluding hydrogens is 302 g/mol. The number of carbonyl (C=O) groups is 3. The molecule has 126 valence electrons. The van der Waals surface area contributed by atoms with Crippen LogP contribution in [-0.4, -0.2) is 41.2 Å². The van der Waals surface area contributed by atoms with E-state index in [9.17, 15) is 14.4 Å². The molecule has 1 aromatic rings. The molecule has 0 spiro atoms. The number of rotatable bonds is 7. The Hall–Kier alpha value is -2.61. The van der Waals surface area contributed by atoms with E-state index in [1.165, 1.54) is 24.3 Å². The van der Waals surface area contributed by atoms with Crippen LogP contribution in [0.1, 0.15) is 30.6 Å². The molecule has 0 unspecified atom stereocenters. The van der Waals surface area contributed by atoms with E-state index >= 15 is 0 Å². The van der Waals surface area contributed by atoms with Crippen LogP contribution >= 0.6 is 0 Å². The zero-order valence-corrected chi connectivity index (χ0v) is 13.1. The van der Waals surface area contributed by atoms with Crippen molar-refractivity contribution in [1.82, 2.24) is 5.01 Å². The van der Waals surface area contributed by atoms with Crippen molar-refractivity contribution in [3.8, 4) is 0 Å². The predicted octanol–water partition coefficient (Wildman–Crippen LogP) is 1.68. The van der Waals surface area contributed by atoms with Crippen molar-refractivity contribution in [3.63, 3.8) is 0 Å². The van der Waals surface area contributed by atoms with Crippen LogP contribution in [0.3, 0.4) is 0 Å². The van der Waals surface area contributed by atoms with Crippen LogP contribution in [0.25, 0.3) is 0 Å². The predicted molar refractivity (Wildman–Crippen MR) is 83.7 cm³/mol. The monoisotopic (exact) mass is 323 g/mol. The normalized spacial score (nSPS) is 10.3. The first-order chi connectivity index (χ1) is 10.8. The third-order valence-electron chi connectivity index (χ3n) is 2.75. The Kier molecular flexibility index (Phi) is 7.01. The molecule has 8 heteroatoms. The van der Waals surface area contributed by atoms with Gasteiger partial charge in [0.05, 0.1) is 13.0 Å². The molecule has 1 aromatic carbocycles. The van der Waals surface area contributed by atoms with Crippen molar-refractivity contribution >= 4 is 23.7 Å². The van der Waals surface area contributed by atoms with Gasteiger partial charge in [0.1, 0.15) is 0 Å². The number of aliphatic carboxylic acids is 1. The fourth-order valence-electron chi connectivity index (χ4n) is 1.58. The molecule has 0 aliphatic rings. The molecule has 0 saturated carbocycles. The number of carboxylic acid groups (broad SMARTS) is 1. The molecule has 4 N–H and O–H groups in total. The van der Waals surface area contributed by atoms with Crippen molar-refractivity contribution in [3.05, 3.63) is 29.8 Å². The number of carbonyl (C=O) groups excluding carboxylic acids is 2. The highest BCUT2D eigenvalue weighted by molar-refractivity contribution is 5.95. The number of ether oxygens (including phenoxy) is 1.